The number of rotatable bonds is 4. The molecule has 0 spiro atoms. The quantitative estimate of drug-likeness (QED) is 0.577. The van der Waals surface area contributed by atoms with Crippen LogP contribution in [0, 0.1) is 6.92 Å². The van der Waals surface area contributed by atoms with E-state index in [0.29, 0.717) is 5.82 Å². The lowest BCUT2D eigenvalue weighted by molar-refractivity contribution is -0.239. The fraction of sp³-hybridized carbons (Fsp3) is 0.600. The van der Waals surface area contributed by atoms with Crippen LogP contribution in [0.25, 0.3) is 0 Å². The molecule has 0 aliphatic carbocycles. The molecule has 0 N–H and O–H groups in total. The first-order valence-corrected chi connectivity index (χ1v) is 7.42. The normalized spacial score (nSPS) is 26.5. The van der Waals surface area contributed by atoms with Crippen LogP contribution >= 0.6 is 0 Å². The van der Waals surface area contributed by atoms with Gasteiger partial charge in [0.15, 0.2) is 24.5 Å². The molecule has 132 valence electrons. The molecular formula is C15H20N2O7. The zero-order valence-electron chi connectivity index (χ0n) is 13.9. The molecule has 0 amide bonds. The largest absolute Gasteiger partial charge is 0.456 e. The second kappa shape index (κ2) is 7.43. The molecule has 1 saturated heterocycles. The van der Waals surface area contributed by atoms with Crippen LogP contribution in [0.3, 0.4) is 0 Å². The number of carbonyl (C=O) groups is 3. The SMILES string of the molecule is CC(=O)O[C@@H]1[C@@H](OC(C)=O)[C@@H](n2ccnc2C)OC[C@H]1OC(C)=O. The molecule has 2 rings (SSSR count). The number of ether oxygens (including phenoxy) is 4. The maximum atomic E-state index is 11.5. The van der Waals surface area contributed by atoms with Crippen LogP contribution in [0.2, 0.25) is 0 Å². The number of aryl methyl sites for hydroxylation is 1. The first kappa shape index (κ1) is 17.9. The Morgan fingerprint density at radius 3 is 2.17 bits per heavy atom. The van der Waals surface area contributed by atoms with Gasteiger partial charge < -0.3 is 23.5 Å². The van der Waals surface area contributed by atoms with Crippen LogP contribution < -0.4 is 0 Å². The molecule has 9 heteroatoms. The molecule has 1 aromatic heterocycles. The third-order valence-electron chi connectivity index (χ3n) is 3.46. The maximum absolute atomic E-state index is 11.5. The van der Waals surface area contributed by atoms with E-state index in [0.717, 1.165) is 0 Å². The van der Waals surface area contributed by atoms with Gasteiger partial charge in [0, 0.05) is 33.2 Å². The second-order valence-corrected chi connectivity index (χ2v) is 5.40. The van der Waals surface area contributed by atoms with Crippen molar-refractivity contribution in [2.75, 3.05) is 6.61 Å². The Kier molecular flexibility index (Phi) is 5.55. The van der Waals surface area contributed by atoms with Crippen molar-refractivity contribution in [1.82, 2.24) is 9.55 Å². The summed E-state index contributed by atoms with van der Waals surface area (Å²) in [5.41, 5.74) is 0. The van der Waals surface area contributed by atoms with Crippen LogP contribution in [-0.2, 0) is 33.3 Å². The molecule has 24 heavy (non-hydrogen) atoms. The van der Waals surface area contributed by atoms with Gasteiger partial charge in [-0.15, -0.1) is 0 Å². The number of imidazole rings is 1. The Morgan fingerprint density at radius 2 is 1.67 bits per heavy atom. The van der Waals surface area contributed by atoms with E-state index >= 15 is 0 Å². The van der Waals surface area contributed by atoms with E-state index in [4.69, 9.17) is 18.9 Å². The molecule has 1 fully saturated rings. The van der Waals surface area contributed by atoms with Crippen molar-refractivity contribution < 1.29 is 33.3 Å². The highest BCUT2D eigenvalue weighted by Gasteiger charge is 2.47. The monoisotopic (exact) mass is 340 g/mol. The van der Waals surface area contributed by atoms with E-state index in [1.54, 1.807) is 23.9 Å². The van der Waals surface area contributed by atoms with Crippen LogP contribution in [0.5, 0.6) is 0 Å². The fourth-order valence-corrected chi connectivity index (χ4v) is 2.62. The van der Waals surface area contributed by atoms with E-state index < -0.39 is 42.4 Å². The zero-order chi connectivity index (χ0) is 17.9. The molecule has 4 atom stereocenters. The summed E-state index contributed by atoms with van der Waals surface area (Å²) in [7, 11) is 0. The van der Waals surface area contributed by atoms with Gasteiger partial charge >= 0.3 is 17.9 Å². The summed E-state index contributed by atoms with van der Waals surface area (Å²) in [6, 6.07) is 0. The average molecular weight is 340 g/mol. The average Bonchev–Trinajstić information content (AvgIpc) is 2.87. The predicted octanol–water partition coefficient (Wildman–Crippen LogP) is 0.515. The van der Waals surface area contributed by atoms with Crippen LogP contribution in [0.15, 0.2) is 12.4 Å². The first-order chi connectivity index (χ1) is 11.3. The Bertz CT molecular complexity index is 627. The Hall–Kier alpha value is -2.42. The summed E-state index contributed by atoms with van der Waals surface area (Å²) < 4.78 is 23.1. The van der Waals surface area contributed by atoms with Gasteiger partial charge in [-0.1, -0.05) is 0 Å². The number of aromatic nitrogens is 2. The lowest BCUT2D eigenvalue weighted by atomic mass is 10.0. The zero-order valence-corrected chi connectivity index (χ0v) is 13.9. The van der Waals surface area contributed by atoms with E-state index in [1.807, 2.05) is 0 Å². The van der Waals surface area contributed by atoms with E-state index in [1.165, 1.54) is 20.8 Å². The molecular weight excluding hydrogens is 320 g/mol. The highest BCUT2D eigenvalue weighted by Crippen LogP contribution is 2.31. The van der Waals surface area contributed by atoms with Crippen molar-refractivity contribution in [1.29, 1.82) is 0 Å². The van der Waals surface area contributed by atoms with Gasteiger partial charge in [0.1, 0.15) is 5.82 Å². The van der Waals surface area contributed by atoms with Crippen molar-refractivity contribution in [2.45, 2.75) is 52.2 Å². The van der Waals surface area contributed by atoms with Crippen molar-refractivity contribution in [3.05, 3.63) is 18.2 Å². The van der Waals surface area contributed by atoms with Crippen molar-refractivity contribution in [3.63, 3.8) is 0 Å². The number of hydrogen-bond donors (Lipinski definition) is 0. The van der Waals surface area contributed by atoms with Crippen LogP contribution in [0.4, 0.5) is 0 Å². The molecule has 0 unspecified atom stereocenters. The molecule has 0 radical (unpaired) electrons. The smallest absolute Gasteiger partial charge is 0.303 e. The Labute approximate surface area is 138 Å². The summed E-state index contributed by atoms with van der Waals surface area (Å²) in [6.07, 6.45) is -0.382. The van der Waals surface area contributed by atoms with Gasteiger partial charge in [-0.25, -0.2) is 4.98 Å². The lowest BCUT2D eigenvalue weighted by Gasteiger charge is -2.41. The molecule has 0 aromatic carbocycles. The third kappa shape index (κ3) is 4.10. The van der Waals surface area contributed by atoms with Crippen molar-refractivity contribution in [2.24, 2.45) is 0 Å². The van der Waals surface area contributed by atoms with Crippen molar-refractivity contribution in [3.8, 4) is 0 Å². The summed E-state index contributed by atoms with van der Waals surface area (Å²) in [4.78, 5) is 38.4. The van der Waals surface area contributed by atoms with Gasteiger partial charge in [0.25, 0.3) is 0 Å². The number of nitrogens with zero attached hydrogens (tertiary/aromatic N) is 2. The standard InChI is InChI=1S/C15H20N2O7/c1-8-16-5-6-17(8)15-14(24-11(4)20)13(23-10(3)19)12(7-21-15)22-9(2)18/h5-6,12-15H,7H2,1-4H3/t12-,13+,14-,15+/m1/s1. The molecule has 0 saturated carbocycles. The number of carbonyl (C=O) groups excluding carboxylic acids is 3. The summed E-state index contributed by atoms with van der Waals surface area (Å²) >= 11 is 0. The molecule has 1 aliphatic heterocycles. The highest BCUT2D eigenvalue weighted by molar-refractivity contribution is 5.68. The molecule has 9 nitrogen and oxygen atoms in total. The third-order valence-corrected chi connectivity index (χ3v) is 3.46. The van der Waals surface area contributed by atoms with Gasteiger partial charge in [-0.3, -0.25) is 14.4 Å². The maximum Gasteiger partial charge on any atom is 0.303 e. The Morgan fingerprint density at radius 1 is 1.08 bits per heavy atom. The topological polar surface area (TPSA) is 106 Å². The van der Waals surface area contributed by atoms with Gasteiger partial charge in [-0.05, 0) is 6.92 Å². The summed E-state index contributed by atoms with van der Waals surface area (Å²) in [5.74, 6) is -1.09. The van der Waals surface area contributed by atoms with Crippen LogP contribution in [0.1, 0.15) is 32.8 Å². The molecule has 1 aromatic rings. The second-order valence-electron chi connectivity index (χ2n) is 5.40. The molecule has 2 heterocycles. The molecule has 1 aliphatic rings. The van der Waals surface area contributed by atoms with Gasteiger partial charge in [0.2, 0.25) is 0 Å². The Balaban J connectivity index is 2.36. The number of esters is 3. The summed E-state index contributed by atoms with van der Waals surface area (Å²) in [5, 5.41) is 0. The van der Waals surface area contributed by atoms with Gasteiger partial charge in [0.05, 0.1) is 6.61 Å². The van der Waals surface area contributed by atoms with Crippen LogP contribution in [-0.4, -0.2) is 52.4 Å². The lowest BCUT2D eigenvalue weighted by Crippen LogP contribution is -2.55. The molecule has 0 bridgehead atoms. The minimum absolute atomic E-state index is 0.0163. The summed E-state index contributed by atoms with van der Waals surface area (Å²) in [6.45, 7) is 5.43. The minimum atomic E-state index is -0.990. The minimum Gasteiger partial charge on any atom is -0.456 e. The van der Waals surface area contributed by atoms with E-state index in [2.05, 4.69) is 4.98 Å². The fourth-order valence-electron chi connectivity index (χ4n) is 2.62. The first-order valence-electron chi connectivity index (χ1n) is 7.42. The predicted molar refractivity (Wildman–Crippen MR) is 78.6 cm³/mol. The van der Waals surface area contributed by atoms with Gasteiger partial charge in [-0.2, -0.15) is 0 Å². The van der Waals surface area contributed by atoms with E-state index in [9.17, 15) is 14.4 Å². The van der Waals surface area contributed by atoms with Crippen molar-refractivity contribution >= 4 is 17.9 Å². The highest BCUT2D eigenvalue weighted by atomic mass is 16.6. The van der Waals surface area contributed by atoms with E-state index in [-0.39, 0.29) is 6.61 Å². The number of hydrogen-bond acceptors (Lipinski definition) is 8.